The molecule has 0 aliphatic carbocycles. The van der Waals surface area contributed by atoms with Crippen LogP contribution in [0.25, 0.3) is 0 Å². The second-order valence-electron chi connectivity index (χ2n) is 14.4. The van der Waals surface area contributed by atoms with E-state index in [1.807, 2.05) is 180 Å². The van der Waals surface area contributed by atoms with Gasteiger partial charge < -0.3 is 101 Å². The molecule has 2 rings (SSSR count). The van der Waals surface area contributed by atoms with E-state index in [9.17, 15) is 5.11 Å². The van der Waals surface area contributed by atoms with Gasteiger partial charge in [0, 0.05) is 123 Å². The Kier molecular flexibility index (Phi) is 221. The predicted octanol–water partition coefficient (Wildman–Crippen LogP) is 15.1. The first-order valence-electron chi connectivity index (χ1n) is 35.9. The number of unbranched alkanes of at least 4 members (excludes halogenated alkanes) is 6. The molecular weight excluding hydrogens is 1220 g/mol. The van der Waals surface area contributed by atoms with Gasteiger partial charge in [0.15, 0.2) is 0 Å². The zero-order chi connectivity index (χ0) is 75.9. The molecule has 0 saturated carbocycles. The molecule has 2 saturated heterocycles. The lowest BCUT2D eigenvalue weighted by atomic mass is 10.2. The first-order chi connectivity index (χ1) is 44.6. The van der Waals surface area contributed by atoms with E-state index in [-0.39, 0.29) is 0 Å². The Bertz CT molecular complexity index is 852. The second kappa shape index (κ2) is 150. The third kappa shape index (κ3) is 127. The van der Waals surface area contributed by atoms with Crippen LogP contribution in [0.4, 0.5) is 0 Å². The number of rotatable bonds is 40. The van der Waals surface area contributed by atoms with Gasteiger partial charge in [0.25, 0.3) is 0 Å². The van der Waals surface area contributed by atoms with Crippen molar-refractivity contribution in [1.82, 2.24) is 5.32 Å². The lowest BCUT2D eigenvalue weighted by Crippen LogP contribution is -2.42. The van der Waals surface area contributed by atoms with Crippen molar-refractivity contribution < 1.29 is 78.8 Å². The zero-order valence-corrected chi connectivity index (χ0v) is 71.6. The Labute approximate surface area is 576 Å². The highest BCUT2D eigenvalue weighted by atomic mass is 28.4. The summed E-state index contributed by atoms with van der Waals surface area (Å²) in [4.78, 5) is 0. The molecule has 0 amide bonds. The molecule has 0 bridgehead atoms. The summed E-state index contributed by atoms with van der Waals surface area (Å²) in [6, 6.07) is 2.26. The van der Waals surface area contributed by atoms with Crippen LogP contribution in [0.5, 0.6) is 0 Å². The van der Waals surface area contributed by atoms with Crippen LogP contribution in [0, 0.1) is 0 Å². The normalized spacial score (nSPS) is 12.0. The third-order valence-electron chi connectivity index (χ3n) is 9.68. The van der Waals surface area contributed by atoms with Crippen molar-refractivity contribution in [3.63, 3.8) is 0 Å². The number of nitrogens with one attached hydrogen (secondary N) is 1. The minimum atomic E-state index is -2.50. The van der Waals surface area contributed by atoms with Gasteiger partial charge >= 0.3 is 26.4 Å². The average molecular weight is 1400 g/mol. The average Bonchev–Trinajstić information content (AvgIpc) is 4.78. The molecule has 91 heavy (non-hydrogen) atoms. The molecule has 3 unspecified atom stereocenters. The maximum absolute atomic E-state index is 9.82. The monoisotopic (exact) mass is 1400 g/mol. The van der Waals surface area contributed by atoms with Crippen LogP contribution in [0.3, 0.4) is 0 Å². The van der Waals surface area contributed by atoms with Crippen molar-refractivity contribution in [2.45, 2.75) is 287 Å². The Balaban J connectivity index is -0.0000000479. The summed E-state index contributed by atoms with van der Waals surface area (Å²) >= 11 is 0. The maximum atomic E-state index is 9.82. The molecule has 0 spiro atoms. The Hall–Kier alpha value is -0.189. The van der Waals surface area contributed by atoms with E-state index in [2.05, 4.69) is 5.32 Å². The Morgan fingerprint density at radius 3 is 0.758 bits per heavy atom. The third-order valence-corrected chi connectivity index (χ3v) is 18.2. The minimum Gasteiger partial charge on any atom is -0.400 e. The fraction of sp³-hybridized carbons (Fsp3) is 1.00. The molecule has 0 radical (unpaired) electrons. The van der Waals surface area contributed by atoms with E-state index in [1.165, 1.54) is 25.7 Å². The molecular formula is C67H178N4O17Si3. The first-order valence-corrected chi connectivity index (χ1v) is 41.7. The van der Waals surface area contributed by atoms with Gasteiger partial charge in [0.05, 0.1) is 39.1 Å². The van der Waals surface area contributed by atoms with Gasteiger partial charge in [-0.1, -0.05) is 206 Å². The molecule has 0 aromatic heterocycles. The molecule has 0 aromatic rings. The summed E-state index contributed by atoms with van der Waals surface area (Å²) in [5.41, 5.74) is 16.0. The number of hydrogen-bond donors (Lipinski definition) is 7. The standard InChI is InChI=1S/C15H36N2O5Si.2C9H20O5Si.C6H16N2.13C2H6.2CH4O/c1-19-23(20-2,21-3)12-8-11-22-14-15(18)13-17-10-7-5-4-6-9-16;2*1-10-15(11-2,12-3)6-4-5-13-7-9-8-14-9;7-5-3-1-2-4-6-8;15*1-2/h15,17-18H,4-14,16H2,1-3H3;2*9H,4-8H2,1-3H3;1-8H2;13*1-2H3;2*2H,1H3. The summed E-state index contributed by atoms with van der Waals surface area (Å²) in [6.45, 7) is 61.3. The van der Waals surface area contributed by atoms with Crippen LogP contribution in [-0.4, -0.2) is 224 Å². The lowest BCUT2D eigenvalue weighted by Gasteiger charge is -2.24. The smallest absolute Gasteiger partial charge is 0.400 e. The highest BCUT2D eigenvalue weighted by Gasteiger charge is 2.38. The summed E-state index contributed by atoms with van der Waals surface area (Å²) in [6.07, 6.45) is 12.1. The molecule has 2 fully saturated rings. The van der Waals surface area contributed by atoms with E-state index in [1.54, 1.807) is 64.0 Å². The molecule has 21 nitrogen and oxygen atoms in total. The number of hydrogen-bond acceptors (Lipinski definition) is 21. The van der Waals surface area contributed by atoms with Gasteiger partial charge in [0.1, 0.15) is 12.2 Å². The number of ether oxygens (including phenoxy) is 5. The summed E-state index contributed by atoms with van der Waals surface area (Å²) in [5.74, 6) is 0. The quantitative estimate of drug-likeness (QED) is 0.0170. The Morgan fingerprint density at radius 1 is 0.352 bits per heavy atom. The van der Waals surface area contributed by atoms with Crippen LogP contribution >= 0.6 is 0 Å². The second-order valence-corrected chi connectivity index (χ2v) is 23.7. The topological polar surface area (TPSA) is 287 Å². The molecule has 580 valence electrons. The van der Waals surface area contributed by atoms with E-state index in [0.29, 0.717) is 64.4 Å². The highest BCUT2D eigenvalue weighted by Crippen LogP contribution is 2.18. The van der Waals surface area contributed by atoms with Crippen LogP contribution < -0.4 is 22.5 Å². The van der Waals surface area contributed by atoms with Crippen LogP contribution in [0.2, 0.25) is 18.1 Å². The van der Waals surface area contributed by atoms with Crippen LogP contribution in [-0.2, 0) is 63.5 Å². The van der Waals surface area contributed by atoms with Crippen molar-refractivity contribution in [3.05, 3.63) is 0 Å². The van der Waals surface area contributed by atoms with Crippen molar-refractivity contribution >= 4 is 26.4 Å². The zero-order valence-electron chi connectivity index (χ0n) is 68.6. The van der Waals surface area contributed by atoms with Crippen molar-refractivity contribution in [2.75, 3.05) is 164 Å². The predicted molar refractivity (Wildman–Crippen MR) is 407 cm³/mol. The molecule has 0 aromatic carbocycles. The number of aliphatic hydroxyl groups excluding tert-OH is 3. The maximum Gasteiger partial charge on any atom is 0.500 e. The van der Waals surface area contributed by atoms with Gasteiger partial charge in [-0.2, -0.15) is 0 Å². The minimum absolute atomic E-state index is 0.333. The van der Waals surface area contributed by atoms with E-state index >= 15 is 0 Å². The van der Waals surface area contributed by atoms with E-state index in [4.69, 9.17) is 90.9 Å². The van der Waals surface area contributed by atoms with Gasteiger partial charge in [0.2, 0.25) is 0 Å². The summed E-state index contributed by atoms with van der Waals surface area (Å²) in [7, 11) is 9.27. The van der Waals surface area contributed by atoms with E-state index in [0.717, 1.165) is 111 Å². The fourth-order valence-corrected chi connectivity index (χ4v) is 10.6. The molecule has 10 N–H and O–H groups in total. The first kappa shape index (κ1) is 134. The highest BCUT2D eigenvalue weighted by molar-refractivity contribution is 6.61. The van der Waals surface area contributed by atoms with Crippen LogP contribution in [0.1, 0.15) is 251 Å². The van der Waals surface area contributed by atoms with Crippen molar-refractivity contribution in [3.8, 4) is 0 Å². The molecule has 2 heterocycles. The van der Waals surface area contributed by atoms with Gasteiger partial charge in [-0.3, -0.25) is 0 Å². The van der Waals surface area contributed by atoms with Gasteiger partial charge in [-0.15, -0.1) is 0 Å². The van der Waals surface area contributed by atoms with Crippen molar-refractivity contribution in [2.24, 2.45) is 17.2 Å². The van der Waals surface area contributed by atoms with Gasteiger partial charge in [-0.05, 0) is 71.1 Å². The largest absolute Gasteiger partial charge is 0.500 e. The van der Waals surface area contributed by atoms with Gasteiger partial charge in [-0.25, -0.2) is 0 Å². The summed E-state index contributed by atoms with van der Waals surface area (Å²) in [5, 5.41) is 27.1. The molecule has 3 atom stereocenters. The Morgan fingerprint density at radius 2 is 0.560 bits per heavy atom. The molecule has 24 heteroatoms. The number of epoxide rings is 2. The SMILES string of the molecule is CC.CC.CC.CC.CC.CC.CC.CC.CC.CC.CC.CC.CC.CO.CO.CO[Si](CCCOCC(O)CNCCCCCCN)(OC)OC.CO[Si](CCCOCC1CO1)(OC)OC.CO[Si](CCCOCC1CO1)(OC)OC.NCCCCCCN. The van der Waals surface area contributed by atoms with Crippen molar-refractivity contribution in [1.29, 1.82) is 0 Å². The fourth-order valence-electron chi connectivity index (χ4n) is 5.54. The molecule has 2 aliphatic heterocycles. The van der Waals surface area contributed by atoms with E-state index < -0.39 is 32.5 Å². The summed E-state index contributed by atoms with van der Waals surface area (Å²) < 4.78 is 74.1. The number of aliphatic hydroxyl groups is 3. The van der Waals surface area contributed by atoms with Crippen LogP contribution in [0.15, 0.2) is 0 Å². The number of nitrogens with two attached hydrogens (primary N) is 3. The molecule has 2 aliphatic rings. The lowest BCUT2D eigenvalue weighted by molar-refractivity contribution is 0.0352.